The Morgan fingerprint density at radius 1 is 0.817 bits per heavy atom. The molecule has 0 bridgehead atoms. The molecule has 0 aliphatic heterocycles. The maximum absolute atomic E-state index is 14.6. The van der Waals surface area contributed by atoms with Crippen LogP contribution in [0.5, 0.6) is 0 Å². The Bertz CT molecular complexity index is 2220. The lowest BCUT2D eigenvalue weighted by atomic mass is 9.85. The fourth-order valence-corrected chi connectivity index (χ4v) is 8.66. The second-order valence-corrected chi connectivity index (χ2v) is 20.9. The SMILES string of the molecule is CC[C@H](C)[C@H](NC(=O)[C@@H](C[C@H](O)[C@H](CC(C)C)NC(=O)[C@H](Cc1cnc[nH]1)N(C)C(=O)[C@H](Cc1ccccc1)NC(=O)CCCCCCC(=O)N(C)CCS(=O)(=O)[O-])C(C)C)C(=O)NCc1ccccn1. The first-order chi connectivity index (χ1) is 33.6. The highest BCUT2D eigenvalue weighted by atomic mass is 32.2. The molecular weight excluding hydrogens is 931 g/mol. The van der Waals surface area contributed by atoms with Gasteiger partial charge in [0.15, 0.2) is 0 Å². The highest BCUT2D eigenvalue weighted by molar-refractivity contribution is 7.85. The predicted octanol–water partition coefficient (Wildman–Crippen LogP) is 3.65. The Hall–Kier alpha value is -5.73. The Labute approximate surface area is 420 Å². The summed E-state index contributed by atoms with van der Waals surface area (Å²) in [4.78, 5) is 96.5. The standard InChI is InChI=1S/C51H79N9O10S/c1-9-36(6)47(50(66)54-32-38-21-17-18-24-53-38)58-48(64)40(35(4)5)30-44(61)41(27-34(2)3)57-49(65)43(29-39-31-52-33-55-39)60(8)51(67)42(28-37-19-13-12-14-20-37)56-45(62)22-15-10-11-16-23-46(63)59(7)25-26-71(68,69)70/h12-14,17-21,24,31,33-36,40-44,47,61H,9-11,15-16,22-23,25-30,32H2,1-8H3,(H,52,55)(H,54,66)(H,56,62)(H,57,65)(H,58,64)(H,68,69,70)/p-1/t36-,40-,41-,42-,43-,44-,47-/m0/s1. The van der Waals surface area contributed by atoms with Crippen LogP contribution in [0.3, 0.4) is 0 Å². The van der Waals surface area contributed by atoms with E-state index in [-0.39, 0.29) is 80.7 Å². The summed E-state index contributed by atoms with van der Waals surface area (Å²) in [6.45, 7) is 11.5. The van der Waals surface area contributed by atoms with E-state index in [1.54, 1.807) is 24.5 Å². The van der Waals surface area contributed by atoms with Crippen molar-refractivity contribution in [3.63, 3.8) is 0 Å². The number of carbonyl (C=O) groups is 6. The third kappa shape index (κ3) is 21.7. The van der Waals surface area contributed by atoms with Crippen molar-refractivity contribution in [2.24, 2.45) is 23.7 Å². The van der Waals surface area contributed by atoms with E-state index in [0.717, 1.165) is 5.56 Å². The molecule has 0 unspecified atom stereocenters. The summed E-state index contributed by atoms with van der Waals surface area (Å²) in [6.07, 6.45) is 7.01. The minimum Gasteiger partial charge on any atom is -0.748 e. The van der Waals surface area contributed by atoms with E-state index in [2.05, 4.69) is 36.2 Å². The fraction of sp³-hybridized carbons (Fsp3) is 0.608. The average molecular weight is 1010 g/mol. The van der Waals surface area contributed by atoms with Crippen molar-refractivity contribution in [1.29, 1.82) is 0 Å². The van der Waals surface area contributed by atoms with E-state index in [4.69, 9.17) is 0 Å². The largest absolute Gasteiger partial charge is 0.748 e. The molecule has 0 aliphatic carbocycles. The van der Waals surface area contributed by atoms with E-state index < -0.39 is 69.8 Å². The molecule has 0 saturated carbocycles. The zero-order valence-corrected chi connectivity index (χ0v) is 43.6. The summed E-state index contributed by atoms with van der Waals surface area (Å²) >= 11 is 0. The Kier molecular flexibility index (Phi) is 25.4. The summed E-state index contributed by atoms with van der Waals surface area (Å²) in [5.74, 6) is -4.32. The number of nitrogens with one attached hydrogen (secondary N) is 5. The number of H-pyrrole nitrogens is 1. The number of likely N-dealkylation sites (N-methyl/N-ethyl adjacent to an activating group) is 1. The molecule has 71 heavy (non-hydrogen) atoms. The van der Waals surface area contributed by atoms with Gasteiger partial charge in [-0.25, -0.2) is 13.4 Å². The second-order valence-electron chi connectivity index (χ2n) is 19.4. The van der Waals surface area contributed by atoms with Crippen LogP contribution in [0.1, 0.15) is 116 Å². The number of hydrogen-bond donors (Lipinski definition) is 6. The van der Waals surface area contributed by atoms with E-state index in [0.29, 0.717) is 49.9 Å². The third-order valence-electron chi connectivity index (χ3n) is 12.8. The van der Waals surface area contributed by atoms with Gasteiger partial charge in [-0.2, -0.15) is 0 Å². The van der Waals surface area contributed by atoms with Crippen LogP contribution in [0.15, 0.2) is 67.3 Å². The highest BCUT2D eigenvalue weighted by Crippen LogP contribution is 2.24. The van der Waals surface area contributed by atoms with E-state index >= 15 is 0 Å². The van der Waals surface area contributed by atoms with Crippen LogP contribution in [0, 0.1) is 23.7 Å². The minimum absolute atomic E-state index is 0.00226. The van der Waals surface area contributed by atoms with Gasteiger partial charge in [0, 0.05) is 70.3 Å². The number of pyridine rings is 1. The number of imidazole rings is 1. The third-order valence-corrected chi connectivity index (χ3v) is 13.4. The van der Waals surface area contributed by atoms with Crippen LogP contribution in [0.4, 0.5) is 0 Å². The summed E-state index contributed by atoms with van der Waals surface area (Å²) in [7, 11) is -1.50. The Morgan fingerprint density at radius 3 is 2.08 bits per heavy atom. The number of benzene rings is 1. The number of nitrogens with zero attached hydrogens (tertiary/aromatic N) is 4. The van der Waals surface area contributed by atoms with Gasteiger partial charge in [-0.3, -0.25) is 33.8 Å². The predicted molar refractivity (Wildman–Crippen MR) is 269 cm³/mol. The molecule has 0 fully saturated rings. The monoisotopic (exact) mass is 1010 g/mol. The molecule has 0 aliphatic rings. The van der Waals surface area contributed by atoms with Gasteiger partial charge in [0.1, 0.15) is 18.1 Å². The maximum Gasteiger partial charge on any atom is 0.245 e. The van der Waals surface area contributed by atoms with E-state index in [1.165, 1.54) is 30.2 Å². The van der Waals surface area contributed by atoms with Crippen molar-refractivity contribution >= 4 is 45.6 Å². The van der Waals surface area contributed by atoms with Crippen molar-refractivity contribution in [1.82, 2.24) is 46.0 Å². The molecule has 20 heteroatoms. The second kappa shape index (κ2) is 30.2. The molecule has 0 saturated heterocycles. The number of unbranched alkanes of at least 4 members (excludes halogenated alkanes) is 3. The first-order valence-electron chi connectivity index (χ1n) is 24.8. The van der Waals surface area contributed by atoms with Crippen LogP contribution in [-0.2, 0) is 58.3 Å². The van der Waals surface area contributed by atoms with E-state index in [9.17, 15) is 46.8 Å². The Balaban J connectivity index is 1.76. The van der Waals surface area contributed by atoms with Gasteiger partial charge >= 0.3 is 0 Å². The molecule has 2 heterocycles. The van der Waals surface area contributed by atoms with Gasteiger partial charge in [-0.1, -0.05) is 97.2 Å². The zero-order chi connectivity index (χ0) is 52.7. The molecule has 0 radical (unpaired) electrons. The smallest absolute Gasteiger partial charge is 0.245 e. The quantitative estimate of drug-likeness (QED) is 0.0387. The molecule has 6 amide bonds. The normalized spacial score (nSPS) is 14.6. The van der Waals surface area contributed by atoms with Gasteiger partial charge in [0.2, 0.25) is 35.4 Å². The number of hydrogen-bond acceptors (Lipinski definition) is 12. The number of amides is 6. The molecule has 6 N–H and O–H groups in total. The molecule has 19 nitrogen and oxygen atoms in total. The van der Waals surface area contributed by atoms with Crippen LogP contribution in [0.25, 0.3) is 0 Å². The van der Waals surface area contributed by atoms with Gasteiger partial charge in [-0.15, -0.1) is 0 Å². The van der Waals surface area contributed by atoms with Gasteiger partial charge in [0.25, 0.3) is 0 Å². The lowest BCUT2D eigenvalue weighted by Gasteiger charge is -2.34. The van der Waals surface area contributed by atoms with Crippen LogP contribution in [0.2, 0.25) is 0 Å². The first kappa shape index (κ1) is 59.6. The lowest BCUT2D eigenvalue weighted by Crippen LogP contribution is -2.58. The summed E-state index contributed by atoms with van der Waals surface area (Å²) in [6, 6.07) is 10.7. The number of aromatic nitrogens is 3. The molecule has 2 aromatic heterocycles. The highest BCUT2D eigenvalue weighted by Gasteiger charge is 2.37. The van der Waals surface area contributed by atoms with Gasteiger partial charge < -0.3 is 45.7 Å². The van der Waals surface area contributed by atoms with Crippen molar-refractivity contribution in [2.75, 3.05) is 26.4 Å². The Morgan fingerprint density at radius 2 is 1.49 bits per heavy atom. The number of aromatic amines is 1. The maximum atomic E-state index is 14.6. The number of aliphatic hydroxyl groups is 1. The van der Waals surface area contributed by atoms with Crippen molar-refractivity contribution in [2.45, 2.75) is 149 Å². The van der Waals surface area contributed by atoms with E-state index in [1.807, 2.05) is 77.9 Å². The molecule has 7 atom stereocenters. The summed E-state index contributed by atoms with van der Waals surface area (Å²) < 4.78 is 32.8. The zero-order valence-electron chi connectivity index (χ0n) is 42.8. The molecule has 1 aromatic carbocycles. The molecular formula is C51H78N9O10S-. The molecule has 3 aromatic rings. The average Bonchev–Trinajstić information content (AvgIpc) is 3.86. The van der Waals surface area contributed by atoms with Crippen molar-refractivity contribution < 1.29 is 46.8 Å². The summed E-state index contributed by atoms with van der Waals surface area (Å²) in [5, 5.41) is 23.7. The number of aliphatic hydroxyl groups excluding tert-OH is 1. The number of carbonyl (C=O) groups excluding carboxylic acids is 6. The van der Waals surface area contributed by atoms with Crippen LogP contribution >= 0.6 is 0 Å². The van der Waals surface area contributed by atoms with Crippen LogP contribution < -0.4 is 21.3 Å². The molecule has 0 spiro atoms. The minimum atomic E-state index is -4.44. The number of rotatable bonds is 32. The van der Waals surface area contributed by atoms with Crippen molar-refractivity contribution in [3.05, 3.63) is 84.2 Å². The van der Waals surface area contributed by atoms with Gasteiger partial charge in [0.05, 0.1) is 46.6 Å². The molecule has 3 rings (SSSR count). The van der Waals surface area contributed by atoms with Crippen molar-refractivity contribution in [3.8, 4) is 0 Å². The lowest BCUT2D eigenvalue weighted by molar-refractivity contribution is -0.142. The molecule has 394 valence electrons. The first-order valence-corrected chi connectivity index (χ1v) is 26.4. The fourth-order valence-electron chi connectivity index (χ4n) is 8.16. The van der Waals surface area contributed by atoms with Crippen LogP contribution in [-0.4, -0.2) is 135 Å². The topological polar surface area (TPSA) is 276 Å². The summed E-state index contributed by atoms with van der Waals surface area (Å²) in [5.41, 5.74) is 2.02. The van der Waals surface area contributed by atoms with Gasteiger partial charge in [-0.05, 0) is 61.1 Å².